The SMILES string of the molecule is COc1cc2cc(c1Cl)N(C)C(=O)CC(OC(=O)C(C)N(C)C(=O)C(C)C)C1(C)OC1C(C)C1CC(O)(NC(=O)O1)C(OC)C=CC=C(C)C2OC(C)=O. The molecule has 1 aromatic rings. The van der Waals surface area contributed by atoms with E-state index in [2.05, 4.69) is 5.32 Å². The summed E-state index contributed by atoms with van der Waals surface area (Å²) < 4.78 is 34.9. The van der Waals surface area contributed by atoms with Gasteiger partial charge in [-0.2, -0.15) is 0 Å². The zero-order valence-electron chi connectivity index (χ0n) is 32.6. The first-order valence-electron chi connectivity index (χ1n) is 17.7. The molecule has 4 bridgehead atoms. The van der Waals surface area contributed by atoms with E-state index in [4.69, 9.17) is 40.0 Å². The molecule has 9 atom stereocenters. The topological polar surface area (TPSA) is 183 Å². The Morgan fingerprint density at radius 3 is 2.41 bits per heavy atom. The Morgan fingerprint density at radius 1 is 1.15 bits per heavy atom. The van der Waals surface area contributed by atoms with E-state index in [1.54, 1.807) is 65.0 Å². The molecule has 2 saturated heterocycles. The van der Waals surface area contributed by atoms with Gasteiger partial charge in [-0.15, -0.1) is 0 Å². The molecule has 2 N–H and O–H groups in total. The number of ether oxygens (including phenoxy) is 6. The first-order chi connectivity index (χ1) is 25.2. The number of rotatable bonds is 7. The second kappa shape index (κ2) is 16.7. The lowest BCUT2D eigenvalue weighted by Gasteiger charge is -2.42. The van der Waals surface area contributed by atoms with E-state index in [-0.39, 0.29) is 34.7 Å². The summed E-state index contributed by atoms with van der Waals surface area (Å²) in [6.45, 7) is 11.4. The molecule has 3 amide bonds. The summed E-state index contributed by atoms with van der Waals surface area (Å²) in [5.74, 6) is -2.92. The maximum absolute atomic E-state index is 14.2. The molecule has 0 spiro atoms. The number of benzene rings is 1. The number of hydrogen-bond donors (Lipinski definition) is 2. The van der Waals surface area contributed by atoms with Crippen LogP contribution in [0.5, 0.6) is 5.75 Å². The number of fused-ring (bicyclic) bond motifs is 5. The van der Waals surface area contributed by atoms with Crippen LogP contribution in [0.25, 0.3) is 0 Å². The molecular formula is C38H52ClN3O12. The van der Waals surface area contributed by atoms with Crippen LogP contribution in [0.3, 0.4) is 0 Å². The van der Waals surface area contributed by atoms with Crippen molar-refractivity contribution in [1.29, 1.82) is 0 Å². The first-order valence-corrected chi connectivity index (χ1v) is 18.1. The lowest BCUT2D eigenvalue weighted by atomic mass is 9.83. The number of halogens is 1. The largest absolute Gasteiger partial charge is 0.495 e. The smallest absolute Gasteiger partial charge is 0.409 e. The number of methoxy groups -OCH3 is 2. The van der Waals surface area contributed by atoms with Crippen molar-refractivity contribution < 1.29 is 57.5 Å². The van der Waals surface area contributed by atoms with E-state index in [9.17, 15) is 29.1 Å². The van der Waals surface area contributed by atoms with Gasteiger partial charge in [0.05, 0.1) is 25.3 Å². The monoisotopic (exact) mass is 777 g/mol. The zero-order valence-corrected chi connectivity index (χ0v) is 33.4. The number of carbonyl (C=O) groups is 5. The molecule has 298 valence electrons. The molecule has 1 aromatic carbocycles. The summed E-state index contributed by atoms with van der Waals surface area (Å²) in [6, 6.07) is 2.18. The third-order valence-corrected chi connectivity index (χ3v) is 10.8. The molecule has 54 heavy (non-hydrogen) atoms. The number of esters is 2. The Labute approximate surface area is 320 Å². The third kappa shape index (κ3) is 8.85. The molecule has 2 fully saturated rings. The average molecular weight is 778 g/mol. The van der Waals surface area contributed by atoms with Crippen LogP contribution >= 0.6 is 11.6 Å². The quantitative estimate of drug-likeness (QED) is 0.229. The number of nitrogens with zero attached hydrogens (tertiary/aromatic N) is 2. The second-order valence-electron chi connectivity index (χ2n) is 14.6. The number of hydrogen-bond acceptors (Lipinski definition) is 12. The number of nitrogens with one attached hydrogen (secondary N) is 1. The number of allylic oxidation sites excluding steroid dienone is 2. The Kier molecular flexibility index (Phi) is 13.1. The maximum atomic E-state index is 14.2. The van der Waals surface area contributed by atoms with Crippen molar-refractivity contribution in [3.63, 3.8) is 0 Å². The molecule has 4 rings (SSSR count). The second-order valence-corrected chi connectivity index (χ2v) is 15.0. The van der Waals surface area contributed by atoms with E-state index < -0.39 is 84.2 Å². The van der Waals surface area contributed by atoms with Gasteiger partial charge in [-0.05, 0) is 38.5 Å². The van der Waals surface area contributed by atoms with E-state index in [0.29, 0.717) is 11.1 Å². The van der Waals surface area contributed by atoms with Crippen LogP contribution in [0.1, 0.15) is 73.0 Å². The fourth-order valence-electron chi connectivity index (χ4n) is 6.90. The van der Waals surface area contributed by atoms with Crippen molar-refractivity contribution in [1.82, 2.24) is 10.2 Å². The van der Waals surface area contributed by atoms with Crippen LogP contribution in [-0.4, -0.2) is 110 Å². The number of epoxide rings is 1. The Morgan fingerprint density at radius 2 is 1.81 bits per heavy atom. The zero-order chi connectivity index (χ0) is 40.4. The van der Waals surface area contributed by atoms with Gasteiger partial charge in [0, 0.05) is 51.9 Å². The lowest BCUT2D eigenvalue weighted by molar-refractivity contribution is -0.162. The molecule has 0 radical (unpaired) electrons. The predicted molar refractivity (Wildman–Crippen MR) is 197 cm³/mol. The molecular weight excluding hydrogens is 726 g/mol. The highest BCUT2D eigenvalue weighted by molar-refractivity contribution is 6.35. The minimum absolute atomic E-state index is 0.0974. The standard InChI is InChI=1S/C38H52ClN3O12/c1-19(2)34(45)41(8)22(5)35(46)53-29-17-30(44)42(9)25-15-24(16-26(49-10)31(25)39)32(51-23(6)43)20(3)13-12-14-28(50-11)38(48)18-27(52-36(47)40-38)21(4)33-37(29,7)54-33/h12-16,19,21-22,27-29,32-33,48H,17-18H2,1-11H3,(H,40,47). The van der Waals surface area contributed by atoms with Gasteiger partial charge in [0.15, 0.2) is 5.72 Å². The third-order valence-electron chi connectivity index (χ3n) is 10.4. The van der Waals surface area contributed by atoms with E-state index in [1.165, 1.54) is 52.0 Å². The van der Waals surface area contributed by atoms with Gasteiger partial charge in [-0.1, -0.05) is 50.6 Å². The maximum Gasteiger partial charge on any atom is 0.409 e. The molecule has 3 heterocycles. The van der Waals surface area contributed by atoms with Crippen LogP contribution in [0.4, 0.5) is 10.5 Å². The molecule has 16 heteroatoms. The van der Waals surface area contributed by atoms with Crippen LogP contribution in [0, 0.1) is 11.8 Å². The van der Waals surface area contributed by atoms with Crippen molar-refractivity contribution in [2.45, 2.75) is 109 Å². The van der Waals surface area contributed by atoms with E-state index >= 15 is 0 Å². The first kappa shape index (κ1) is 42.6. The summed E-state index contributed by atoms with van der Waals surface area (Å²) in [6.07, 6.45) is -1.43. The predicted octanol–water partition coefficient (Wildman–Crippen LogP) is 4.23. The van der Waals surface area contributed by atoms with Gasteiger partial charge in [0.2, 0.25) is 11.8 Å². The number of likely N-dealkylation sites (N-methyl/N-ethyl adjacent to an activating group) is 1. The van der Waals surface area contributed by atoms with Crippen molar-refractivity contribution in [2.24, 2.45) is 11.8 Å². The summed E-state index contributed by atoms with van der Waals surface area (Å²) in [7, 11) is 5.78. The van der Waals surface area contributed by atoms with Crippen molar-refractivity contribution in [2.75, 3.05) is 33.2 Å². The van der Waals surface area contributed by atoms with Gasteiger partial charge < -0.3 is 43.3 Å². The molecule has 0 saturated carbocycles. The number of carbonyl (C=O) groups excluding carboxylic acids is 5. The Hall–Kier alpha value is -4.18. The Bertz CT molecular complexity index is 1700. The van der Waals surface area contributed by atoms with Crippen LogP contribution in [-0.2, 0) is 42.9 Å². The normalized spacial score (nSPS) is 30.6. The minimum Gasteiger partial charge on any atom is -0.495 e. The average Bonchev–Trinajstić information content (AvgIpc) is 3.81. The van der Waals surface area contributed by atoms with Gasteiger partial charge in [-0.25, -0.2) is 9.59 Å². The van der Waals surface area contributed by atoms with Crippen LogP contribution in [0.15, 0.2) is 35.9 Å². The molecule has 3 aliphatic heterocycles. The highest BCUT2D eigenvalue weighted by Gasteiger charge is 2.64. The molecule has 3 aliphatic rings. The number of alkyl carbamates (subject to hydrolysis) is 1. The van der Waals surface area contributed by atoms with Gasteiger partial charge in [0.25, 0.3) is 0 Å². The van der Waals surface area contributed by atoms with Crippen LogP contribution < -0.4 is 15.0 Å². The lowest BCUT2D eigenvalue weighted by Crippen LogP contribution is -2.63. The van der Waals surface area contributed by atoms with Crippen molar-refractivity contribution in [3.8, 4) is 5.75 Å². The van der Waals surface area contributed by atoms with E-state index in [1.807, 2.05) is 0 Å². The number of amides is 3. The van der Waals surface area contributed by atoms with Gasteiger partial charge >= 0.3 is 18.0 Å². The summed E-state index contributed by atoms with van der Waals surface area (Å²) in [5.41, 5.74) is -2.01. The van der Waals surface area contributed by atoms with Crippen LogP contribution in [0.2, 0.25) is 5.02 Å². The summed E-state index contributed by atoms with van der Waals surface area (Å²) >= 11 is 6.78. The summed E-state index contributed by atoms with van der Waals surface area (Å²) in [5, 5.41) is 14.4. The fraction of sp³-hybridized carbons (Fsp3) is 0.605. The number of aliphatic hydroxyl groups is 1. The van der Waals surface area contributed by atoms with E-state index in [0.717, 1.165) is 0 Å². The minimum atomic E-state index is -1.92. The van der Waals surface area contributed by atoms with Gasteiger partial charge in [0.1, 0.15) is 46.8 Å². The molecule has 0 aliphatic carbocycles. The summed E-state index contributed by atoms with van der Waals surface area (Å²) in [4.78, 5) is 68.5. The highest BCUT2D eigenvalue weighted by Crippen LogP contribution is 2.49. The number of anilines is 1. The highest BCUT2D eigenvalue weighted by atomic mass is 35.5. The molecule has 15 nitrogen and oxygen atoms in total. The molecule has 0 aromatic heterocycles. The van der Waals surface area contributed by atoms with Crippen molar-refractivity contribution >= 4 is 47.1 Å². The fourth-order valence-corrected chi connectivity index (χ4v) is 7.21. The Balaban J connectivity index is 1.86. The molecule has 9 unspecified atom stereocenters. The van der Waals surface area contributed by atoms with Gasteiger partial charge in [-0.3, -0.25) is 19.7 Å². The van der Waals surface area contributed by atoms with Crippen molar-refractivity contribution in [3.05, 3.63) is 46.5 Å².